The van der Waals surface area contributed by atoms with Crippen LogP contribution in [-0.2, 0) is 19.2 Å². The number of methoxy groups -OCH3 is 2. The molecule has 6 atom stereocenters. The van der Waals surface area contributed by atoms with Gasteiger partial charge in [-0.25, -0.2) is 9.29 Å². The van der Waals surface area contributed by atoms with Crippen molar-refractivity contribution in [3.05, 3.63) is 59.4 Å². The van der Waals surface area contributed by atoms with Gasteiger partial charge in [0.1, 0.15) is 5.82 Å². The predicted octanol–water partition coefficient (Wildman–Crippen LogP) is 3.50. The van der Waals surface area contributed by atoms with E-state index in [2.05, 4.69) is 0 Å². The number of amides is 4. The summed E-state index contributed by atoms with van der Waals surface area (Å²) in [5.74, 6) is -8.31. The van der Waals surface area contributed by atoms with Crippen molar-refractivity contribution < 1.29 is 43.4 Å². The van der Waals surface area contributed by atoms with E-state index in [0.29, 0.717) is 5.57 Å². The van der Waals surface area contributed by atoms with Gasteiger partial charge in [0.05, 0.1) is 31.7 Å². The lowest BCUT2D eigenvalue weighted by molar-refractivity contribution is -0.173. The molecule has 2 N–H and O–H groups in total. The molecule has 4 amide bonds. The number of phenolic OH excluding ortho intramolecular Hbond substituents is 1. The van der Waals surface area contributed by atoms with E-state index >= 15 is 0 Å². The molecule has 41 heavy (non-hydrogen) atoms. The first kappa shape index (κ1) is 27.5. The number of rotatable bonds is 4. The Morgan fingerprint density at radius 2 is 1.56 bits per heavy atom. The standard InChI is InChI=1S/C28H23Cl2FN2O8/c1-40-18-9-12(10-19(41-2)22(18)34)21-15-7-8-16-20(24(36)33(39)23(16)35)17(15)11-27(29)25(37)32(26(38)28(21,27)30)14-5-3-13(31)4-6-14/h3-7,9-10,16-17,20-21,34,39H,8,11H2,1-2H3. The zero-order chi connectivity index (χ0) is 29.6. The maximum atomic E-state index is 14.3. The van der Waals surface area contributed by atoms with Crippen molar-refractivity contribution in [1.82, 2.24) is 5.06 Å². The Kier molecular flexibility index (Phi) is 6.15. The highest BCUT2D eigenvalue weighted by atomic mass is 35.5. The summed E-state index contributed by atoms with van der Waals surface area (Å²) in [6, 6.07) is 7.51. The SMILES string of the molecule is COc1cc(C2C3=CCC4C(=O)N(O)C(=O)C4C3CC3(Cl)C(=O)N(c4ccc(F)cc4)C(=O)C23Cl)cc(OC)c1O. The van der Waals surface area contributed by atoms with Gasteiger partial charge in [0, 0.05) is 5.92 Å². The van der Waals surface area contributed by atoms with Crippen LogP contribution in [0.1, 0.15) is 24.3 Å². The van der Waals surface area contributed by atoms with Crippen molar-refractivity contribution in [1.29, 1.82) is 0 Å². The third-order valence-electron chi connectivity index (χ3n) is 8.71. The van der Waals surface area contributed by atoms with Crippen LogP contribution in [0, 0.1) is 23.6 Å². The van der Waals surface area contributed by atoms with E-state index < -0.39 is 62.9 Å². The van der Waals surface area contributed by atoms with Crippen molar-refractivity contribution >= 4 is 52.5 Å². The van der Waals surface area contributed by atoms with Gasteiger partial charge < -0.3 is 14.6 Å². The average molecular weight is 605 g/mol. The Balaban J connectivity index is 1.61. The van der Waals surface area contributed by atoms with Gasteiger partial charge in [0.15, 0.2) is 21.2 Å². The highest BCUT2D eigenvalue weighted by Crippen LogP contribution is 2.66. The number of nitrogens with zero attached hydrogens (tertiary/aromatic N) is 2. The molecule has 4 aliphatic rings. The van der Waals surface area contributed by atoms with Gasteiger partial charge in [-0.1, -0.05) is 11.6 Å². The van der Waals surface area contributed by atoms with Gasteiger partial charge in [-0.05, 0) is 60.7 Å². The van der Waals surface area contributed by atoms with Crippen LogP contribution in [0.2, 0.25) is 0 Å². The van der Waals surface area contributed by atoms with E-state index in [1.165, 1.54) is 38.5 Å². The molecule has 2 aromatic rings. The second-order valence-electron chi connectivity index (χ2n) is 10.5. The summed E-state index contributed by atoms with van der Waals surface area (Å²) in [6.07, 6.45) is 1.45. The minimum atomic E-state index is -2.17. The normalized spacial score (nSPS) is 32.5. The van der Waals surface area contributed by atoms with E-state index in [1.54, 1.807) is 6.08 Å². The number of anilines is 1. The summed E-state index contributed by atoms with van der Waals surface area (Å²) in [4.78, 5) is 50.7. The number of alkyl halides is 2. The van der Waals surface area contributed by atoms with Crippen molar-refractivity contribution in [2.45, 2.75) is 28.5 Å². The summed E-state index contributed by atoms with van der Waals surface area (Å²) < 4.78 is 24.4. The fourth-order valence-electron chi connectivity index (χ4n) is 6.84. The van der Waals surface area contributed by atoms with E-state index in [4.69, 9.17) is 32.7 Å². The first-order valence-corrected chi connectivity index (χ1v) is 13.4. The van der Waals surface area contributed by atoms with Crippen LogP contribution >= 0.6 is 23.2 Å². The van der Waals surface area contributed by atoms with E-state index in [9.17, 15) is 33.9 Å². The lowest BCUT2D eigenvalue weighted by Gasteiger charge is -2.50. The first-order chi connectivity index (χ1) is 19.4. The van der Waals surface area contributed by atoms with Crippen LogP contribution < -0.4 is 14.4 Å². The number of hydroxylamine groups is 2. The van der Waals surface area contributed by atoms with E-state index in [1.807, 2.05) is 0 Å². The lowest BCUT2D eigenvalue weighted by Crippen LogP contribution is -2.60. The number of imide groups is 2. The van der Waals surface area contributed by atoms with Crippen LogP contribution in [0.3, 0.4) is 0 Å². The Hall–Kier alpha value is -3.67. The Morgan fingerprint density at radius 3 is 2.15 bits per heavy atom. The van der Waals surface area contributed by atoms with Gasteiger partial charge in [0.2, 0.25) is 5.75 Å². The van der Waals surface area contributed by atoms with Crippen LogP contribution in [0.25, 0.3) is 0 Å². The van der Waals surface area contributed by atoms with E-state index in [0.717, 1.165) is 17.0 Å². The summed E-state index contributed by atoms with van der Waals surface area (Å²) >= 11 is 14.5. The molecule has 6 rings (SSSR count). The smallest absolute Gasteiger partial charge is 0.258 e. The number of phenols is 1. The lowest BCUT2D eigenvalue weighted by atomic mass is 9.56. The largest absolute Gasteiger partial charge is 0.502 e. The molecule has 2 aromatic carbocycles. The number of benzene rings is 2. The second kappa shape index (κ2) is 9.17. The molecule has 0 radical (unpaired) electrons. The van der Waals surface area contributed by atoms with Crippen molar-refractivity contribution in [2.75, 3.05) is 19.1 Å². The third-order valence-corrected chi connectivity index (χ3v) is 10.1. The molecule has 0 bridgehead atoms. The molecule has 2 saturated heterocycles. The third kappa shape index (κ3) is 3.45. The van der Waals surface area contributed by atoms with Crippen molar-refractivity contribution in [3.8, 4) is 17.2 Å². The summed E-state index contributed by atoms with van der Waals surface area (Å²) in [5.41, 5.74) is 0.787. The van der Waals surface area contributed by atoms with Crippen LogP contribution in [0.4, 0.5) is 10.1 Å². The molecule has 10 nitrogen and oxygen atoms in total. The molecule has 2 aliphatic carbocycles. The fraction of sp³-hybridized carbons (Fsp3) is 0.357. The number of aromatic hydroxyl groups is 1. The van der Waals surface area contributed by atoms with Gasteiger partial charge >= 0.3 is 0 Å². The van der Waals surface area contributed by atoms with Crippen molar-refractivity contribution in [3.63, 3.8) is 0 Å². The maximum Gasteiger partial charge on any atom is 0.258 e. The Bertz CT molecular complexity index is 1540. The zero-order valence-electron chi connectivity index (χ0n) is 21.6. The Morgan fingerprint density at radius 1 is 0.951 bits per heavy atom. The second-order valence-corrected chi connectivity index (χ2v) is 11.8. The minimum Gasteiger partial charge on any atom is -0.502 e. The number of hydrogen-bond donors (Lipinski definition) is 2. The molecule has 2 aliphatic heterocycles. The number of carbonyl (C=O) groups is 4. The molecule has 13 heteroatoms. The van der Waals surface area contributed by atoms with E-state index in [-0.39, 0.29) is 46.4 Å². The highest BCUT2D eigenvalue weighted by Gasteiger charge is 2.76. The summed E-state index contributed by atoms with van der Waals surface area (Å²) in [5, 5.41) is 20.8. The number of hydrogen-bond acceptors (Lipinski definition) is 8. The molecule has 2 heterocycles. The topological polar surface area (TPSA) is 134 Å². The molecule has 0 spiro atoms. The van der Waals surface area contributed by atoms with Crippen LogP contribution in [0.5, 0.6) is 17.2 Å². The number of fused-ring (bicyclic) bond motifs is 4. The maximum absolute atomic E-state index is 14.3. The Labute approximate surface area is 242 Å². The molecule has 214 valence electrons. The monoisotopic (exact) mass is 604 g/mol. The van der Waals surface area contributed by atoms with Gasteiger partial charge in [-0.2, -0.15) is 5.06 Å². The minimum absolute atomic E-state index is 0.0167. The fourth-order valence-corrected chi connectivity index (χ4v) is 7.77. The molecule has 1 saturated carbocycles. The van der Waals surface area contributed by atoms with Crippen LogP contribution in [0.15, 0.2) is 48.0 Å². The molecular weight excluding hydrogens is 582 g/mol. The highest BCUT2D eigenvalue weighted by molar-refractivity contribution is 6.58. The molecule has 0 aromatic heterocycles. The van der Waals surface area contributed by atoms with Gasteiger partial charge in [-0.3, -0.25) is 24.4 Å². The molecule has 3 fully saturated rings. The van der Waals surface area contributed by atoms with Gasteiger partial charge in [0.25, 0.3) is 23.6 Å². The molecular formula is C28H23Cl2FN2O8. The summed E-state index contributed by atoms with van der Waals surface area (Å²) in [6.45, 7) is 0. The molecule has 6 unspecified atom stereocenters. The van der Waals surface area contributed by atoms with Gasteiger partial charge in [-0.15, -0.1) is 23.2 Å². The number of ether oxygens (including phenoxy) is 2. The average Bonchev–Trinajstić information content (AvgIpc) is 3.27. The quantitative estimate of drug-likeness (QED) is 0.234. The number of carbonyl (C=O) groups excluding carboxylic acids is 4. The van der Waals surface area contributed by atoms with Crippen molar-refractivity contribution in [2.24, 2.45) is 17.8 Å². The number of allylic oxidation sites excluding steroid dienone is 2. The predicted molar refractivity (Wildman–Crippen MR) is 141 cm³/mol. The van der Waals surface area contributed by atoms with Crippen LogP contribution in [-0.4, -0.2) is 63.0 Å². The number of halogens is 3. The summed E-state index contributed by atoms with van der Waals surface area (Å²) in [7, 11) is 2.63. The first-order valence-electron chi connectivity index (χ1n) is 12.6. The zero-order valence-corrected chi connectivity index (χ0v) is 23.1.